The van der Waals surface area contributed by atoms with Crippen LogP contribution in [0.15, 0.2) is 0 Å². The van der Waals surface area contributed by atoms with Gasteiger partial charge in [0, 0.05) is 0 Å². The van der Waals surface area contributed by atoms with Crippen LogP contribution in [-0.4, -0.2) is 35.6 Å². The van der Waals surface area contributed by atoms with Crippen LogP contribution in [-0.2, 0) is 9.53 Å². The van der Waals surface area contributed by atoms with Gasteiger partial charge in [-0.15, -0.1) is 0 Å². The molecule has 2 aliphatic rings. The molecule has 2 rings (SSSR count). The Hall–Kier alpha value is -0.570. The summed E-state index contributed by atoms with van der Waals surface area (Å²) < 4.78 is 5.15. The molecule has 0 N–H and O–H groups in total. The first-order chi connectivity index (χ1) is 5.51. The summed E-state index contributed by atoms with van der Waals surface area (Å²) in [6.07, 6.45) is 2.06. The lowest BCUT2D eigenvalue weighted by Crippen LogP contribution is -2.73. The Morgan fingerprint density at radius 2 is 2.17 bits per heavy atom. The van der Waals surface area contributed by atoms with Gasteiger partial charge in [0.1, 0.15) is 5.60 Å². The first-order valence-corrected chi connectivity index (χ1v) is 4.45. The minimum atomic E-state index is -0.299. The molecule has 0 aromatic heterocycles. The standard InChI is InChI=1S/C9H15NO2/c1-8(2)9(7(11)12-8)5-4-6-10(9)3/h4-6H2,1-3H3/t9-/m1/s1. The Bertz CT molecular complexity index is 237. The van der Waals surface area contributed by atoms with Crippen LogP contribution in [0.2, 0.25) is 0 Å². The van der Waals surface area contributed by atoms with Gasteiger partial charge in [-0.1, -0.05) is 0 Å². The Morgan fingerprint density at radius 1 is 1.50 bits per heavy atom. The molecule has 0 radical (unpaired) electrons. The van der Waals surface area contributed by atoms with Crippen molar-refractivity contribution >= 4 is 5.97 Å². The van der Waals surface area contributed by atoms with Gasteiger partial charge in [0.2, 0.25) is 0 Å². The maximum Gasteiger partial charge on any atom is 0.331 e. The number of likely N-dealkylation sites (N-methyl/N-ethyl adjacent to an activating group) is 1. The third-order valence-corrected chi connectivity index (χ3v) is 3.37. The zero-order chi connectivity index (χ0) is 8.98. The lowest BCUT2D eigenvalue weighted by Gasteiger charge is -2.54. The van der Waals surface area contributed by atoms with Gasteiger partial charge < -0.3 is 4.74 Å². The number of hydrogen-bond donors (Lipinski definition) is 0. The quantitative estimate of drug-likeness (QED) is 0.502. The van der Waals surface area contributed by atoms with E-state index >= 15 is 0 Å². The predicted octanol–water partition coefficient (Wildman–Crippen LogP) is 0.786. The molecule has 0 unspecified atom stereocenters. The maximum absolute atomic E-state index is 11.4. The van der Waals surface area contributed by atoms with E-state index in [2.05, 4.69) is 4.90 Å². The second kappa shape index (κ2) is 2.02. The van der Waals surface area contributed by atoms with Gasteiger partial charge in [-0.3, -0.25) is 4.90 Å². The molecule has 2 aliphatic heterocycles. The molecular formula is C9H15NO2. The largest absolute Gasteiger partial charge is 0.456 e. The van der Waals surface area contributed by atoms with Gasteiger partial charge in [-0.05, 0) is 40.3 Å². The molecule has 0 aliphatic carbocycles. The number of rotatable bonds is 0. The van der Waals surface area contributed by atoms with E-state index in [0.29, 0.717) is 0 Å². The Balaban J connectivity index is 2.35. The van der Waals surface area contributed by atoms with Crippen molar-refractivity contribution in [1.82, 2.24) is 4.90 Å². The highest BCUT2D eigenvalue weighted by Gasteiger charge is 2.67. The number of ether oxygens (including phenoxy) is 1. The van der Waals surface area contributed by atoms with Crippen molar-refractivity contribution in [2.24, 2.45) is 0 Å². The van der Waals surface area contributed by atoms with E-state index in [1.807, 2.05) is 20.9 Å². The first kappa shape index (κ1) is 8.05. The molecule has 1 atom stereocenters. The molecule has 2 heterocycles. The fourth-order valence-electron chi connectivity index (χ4n) is 2.57. The molecule has 0 aromatic rings. The van der Waals surface area contributed by atoms with Crippen LogP contribution >= 0.6 is 0 Å². The molecule has 12 heavy (non-hydrogen) atoms. The number of likely N-dealkylation sites (tertiary alicyclic amines) is 1. The van der Waals surface area contributed by atoms with E-state index < -0.39 is 0 Å². The zero-order valence-electron chi connectivity index (χ0n) is 7.89. The van der Waals surface area contributed by atoms with Crippen LogP contribution in [0.3, 0.4) is 0 Å². The Kier molecular flexibility index (Phi) is 1.35. The summed E-state index contributed by atoms with van der Waals surface area (Å²) in [5.74, 6) is -0.0347. The topological polar surface area (TPSA) is 29.5 Å². The third kappa shape index (κ3) is 0.637. The average Bonchev–Trinajstić information content (AvgIpc) is 2.32. The molecule has 0 amide bonds. The molecule has 0 aromatic carbocycles. The summed E-state index contributed by atoms with van der Waals surface area (Å²) in [5.41, 5.74) is -0.581. The van der Waals surface area contributed by atoms with Crippen LogP contribution in [0.4, 0.5) is 0 Å². The van der Waals surface area contributed by atoms with Gasteiger partial charge in [0.05, 0.1) is 0 Å². The van der Waals surface area contributed by atoms with Gasteiger partial charge in [-0.2, -0.15) is 0 Å². The highest BCUT2D eigenvalue weighted by atomic mass is 16.6. The van der Waals surface area contributed by atoms with Crippen molar-refractivity contribution in [2.45, 2.75) is 37.8 Å². The zero-order valence-corrected chi connectivity index (χ0v) is 7.89. The number of esters is 1. The first-order valence-electron chi connectivity index (χ1n) is 4.45. The maximum atomic E-state index is 11.4. The van der Waals surface area contributed by atoms with E-state index in [4.69, 9.17) is 4.74 Å². The normalized spacial score (nSPS) is 39.8. The van der Waals surface area contributed by atoms with E-state index in [1.54, 1.807) is 0 Å². The van der Waals surface area contributed by atoms with Crippen LogP contribution in [0, 0.1) is 0 Å². The Morgan fingerprint density at radius 3 is 2.42 bits per heavy atom. The van der Waals surface area contributed by atoms with E-state index in [0.717, 1.165) is 19.4 Å². The number of carbonyl (C=O) groups excluding carboxylic acids is 1. The monoisotopic (exact) mass is 169 g/mol. The van der Waals surface area contributed by atoms with Crippen LogP contribution in [0.25, 0.3) is 0 Å². The SMILES string of the molecule is CN1CCC[C@]12C(=O)OC2(C)C. The number of hydrogen-bond acceptors (Lipinski definition) is 3. The molecule has 3 nitrogen and oxygen atoms in total. The molecule has 3 heteroatoms. The summed E-state index contributed by atoms with van der Waals surface area (Å²) in [6, 6.07) is 0. The lowest BCUT2D eigenvalue weighted by atomic mass is 9.75. The van der Waals surface area contributed by atoms with Crippen molar-refractivity contribution < 1.29 is 9.53 Å². The number of nitrogens with zero attached hydrogens (tertiary/aromatic N) is 1. The molecule has 1 spiro atoms. The summed E-state index contributed by atoms with van der Waals surface area (Å²) in [6.45, 7) is 5.00. The number of cyclic esters (lactones) is 1. The van der Waals surface area contributed by atoms with Gasteiger partial charge in [0.25, 0.3) is 0 Å². The van der Waals surface area contributed by atoms with E-state index in [-0.39, 0.29) is 17.1 Å². The van der Waals surface area contributed by atoms with Crippen molar-refractivity contribution in [3.63, 3.8) is 0 Å². The van der Waals surface area contributed by atoms with E-state index in [9.17, 15) is 4.79 Å². The molecule has 0 saturated carbocycles. The van der Waals surface area contributed by atoms with Crippen LogP contribution < -0.4 is 0 Å². The minimum Gasteiger partial charge on any atom is -0.456 e. The average molecular weight is 169 g/mol. The van der Waals surface area contributed by atoms with Crippen LogP contribution in [0.5, 0.6) is 0 Å². The summed E-state index contributed by atoms with van der Waals surface area (Å²) in [4.78, 5) is 13.6. The van der Waals surface area contributed by atoms with Crippen molar-refractivity contribution in [1.29, 1.82) is 0 Å². The minimum absolute atomic E-state index is 0.0347. The van der Waals surface area contributed by atoms with Crippen LogP contribution in [0.1, 0.15) is 26.7 Å². The van der Waals surface area contributed by atoms with Gasteiger partial charge in [-0.25, -0.2) is 4.79 Å². The lowest BCUT2D eigenvalue weighted by molar-refractivity contribution is -0.230. The molecule has 68 valence electrons. The molecule has 2 fully saturated rings. The van der Waals surface area contributed by atoms with Crippen molar-refractivity contribution in [3.8, 4) is 0 Å². The fourth-order valence-corrected chi connectivity index (χ4v) is 2.57. The second-order valence-electron chi connectivity index (χ2n) is 4.29. The summed E-state index contributed by atoms with van der Waals surface area (Å²) in [5, 5.41) is 0. The smallest absolute Gasteiger partial charge is 0.331 e. The summed E-state index contributed by atoms with van der Waals surface area (Å²) in [7, 11) is 2.01. The second-order valence-corrected chi connectivity index (χ2v) is 4.29. The van der Waals surface area contributed by atoms with Gasteiger partial charge >= 0.3 is 5.97 Å². The summed E-state index contributed by atoms with van der Waals surface area (Å²) >= 11 is 0. The Labute approximate surface area is 72.7 Å². The molecule has 2 saturated heterocycles. The van der Waals surface area contributed by atoms with Crippen molar-refractivity contribution in [3.05, 3.63) is 0 Å². The number of carbonyl (C=O) groups is 1. The van der Waals surface area contributed by atoms with Crippen molar-refractivity contribution in [2.75, 3.05) is 13.6 Å². The van der Waals surface area contributed by atoms with E-state index in [1.165, 1.54) is 0 Å². The predicted molar refractivity (Wildman–Crippen MR) is 44.8 cm³/mol. The fraction of sp³-hybridized carbons (Fsp3) is 0.889. The highest BCUT2D eigenvalue weighted by molar-refractivity contribution is 5.89. The molecular weight excluding hydrogens is 154 g/mol. The van der Waals surface area contributed by atoms with Gasteiger partial charge in [0.15, 0.2) is 5.54 Å². The highest BCUT2D eigenvalue weighted by Crippen LogP contribution is 2.48. The molecule has 0 bridgehead atoms. The third-order valence-electron chi connectivity index (χ3n) is 3.37.